The number of ether oxygens (including phenoxy) is 1. The molecule has 2 aromatic rings. The van der Waals surface area contributed by atoms with E-state index in [2.05, 4.69) is 4.98 Å². The van der Waals surface area contributed by atoms with Gasteiger partial charge in [0.2, 0.25) is 0 Å². The SMILES string of the molecule is Cc1ncccc1Oc1ccc(C(=O)O)cc1C(F)(F)F. The van der Waals surface area contributed by atoms with E-state index in [0.717, 1.165) is 12.1 Å². The molecular formula is C14H10F3NO3. The monoisotopic (exact) mass is 297 g/mol. The molecule has 0 fully saturated rings. The van der Waals surface area contributed by atoms with Crippen LogP contribution < -0.4 is 4.74 Å². The van der Waals surface area contributed by atoms with E-state index in [1.165, 1.54) is 18.3 Å². The van der Waals surface area contributed by atoms with Crippen molar-refractivity contribution in [3.63, 3.8) is 0 Å². The van der Waals surface area contributed by atoms with Crippen molar-refractivity contribution in [1.82, 2.24) is 4.98 Å². The van der Waals surface area contributed by atoms with E-state index in [1.807, 2.05) is 0 Å². The molecule has 2 rings (SSSR count). The van der Waals surface area contributed by atoms with E-state index in [-0.39, 0.29) is 5.75 Å². The highest BCUT2D eigenvalue weighted by molar-refractivity contribution is 5.88. The van der Waals surface area contributed by atoms with E-state index >= 15 is 0 Å². The maximum Gasteiger partial charge on any atom is 0.420 e. The summed E-state index contributed by atoms with van der Waals surface area (Å²) in [6, 6.07) is 5.59. The summed E-state index contributed by atoms with van der Waals surface area (Å²) in [4.78, 5) is 14.7. The average molecular weight is 297 g/mol. The van der Waals surface area contributed by atoms with Crippen LogP contribution in [-0.4, -0.2) is 16.1 Å². The van der Waals surface area contributed by atoms with Crippen molar-refractivity contribution in [2.45, 2.75) is 13.1 Å². The van der Waals surface area contributed by atoms with E-state index in [1.54, 1.807) is 6.92 Å². The van der Waals surface area contributed by atoms with Crippen LogP contribution in [0, 0.1) is 6.92 Å². The Hall–Kier alpha value is -2.57. The molecule has 0 spiro atoms. The van der Waals surface area contributed by atoms with Crippen LogP contribution in [0.3, 0.4) is 0 Å². The van der Waals surface area contributed by atoms with Crippen molar-refractivity contribution in [2.24, 2.45) is 0 Å². The summed E-state index contributed by atoms with van der Waals surface area (Å²) in [5.41, 5.74) is -1.18. The first-order valence-corrected chi connectivity index (χ1v) is 5.83. The van der Waals surface area contributed by atoms with Crippen LogP contribution >= 0.6 is 0 Å². The second-order valence-electron chi connectivity index (χ2n) is 4.20. The molecule has 0 aliphatic heterocycles. The van der Waals surface area contributed by atoms with Gasteiger partial charge >= 0.3 is 12.1 Å². The number of rotatable bonds is 3. The van der Waals surface area contributed by atoms with Gasteiger partial charge in [0.1, 0.15) is 11.5 Å². The van der Waals surface area contributed by atoms with E-state index in [4.69, 9.17) is 9.84 Å². The van der Waals surface area contributed by atoms with Crippen LogP contribution in [0.1, 0.15) is 21.6 Å². The third-order valence-corrected chi connectivity index (χ3v) is 2.71. The van der Waals surface area contributed by atoms with Crippen molar-refractivity contribution in [1.29, 1.82) is 0 Å². The number of aromatic nitrogens is 1. The second kappa shape index (κ2) is 5.43. The predicted octanol–water partition coefficient (Wildman–Crippen LogP) is 3.90. The lowest BCUT2D eigenvalue weighted by Gasteiger charge is -2.15. The van der Waals surface area contributed by atoms with Crippen molar-refractivity contribution in [3.05, 3.63) is 53.3 Å². The molecule has 0 aliphatic rings. The third kappa shape index (κ3) is 3.31. The topological polar surface area (TPSA) is 59.4 Å². The molecule has 7 heteroatoms. The summed E-state index contributed by atoms with van der Waals surface area (Å²) in [5, 5.41) is 8.78. The quantitative estimate of drug-likeness (QED) is 0.933. The van der Waals surface area contributed by atoms with Crippen LogP contribution in [0.25, 0.3) is 0 Å². The molecule has 21 heavy (non-hydrogen) atoms. The molecule has 1 N–H and O–H groups in total. The van der Waals surface area contributed by atoms with Crippen LogP contribution in [0.15, 0.2) is 36.5 Å². The smallest absolute Gasteiger partial charge is 0.420 e. The van der Waals surface area contributed by atoms with Crippen molar-refractivity contribution in [3.8, 4) is 11.5 Å². The van der Waals surface area contributed by atoms with Gasteiger partial charge in [-0.2, -0.15) is 13.2 Å². The first kappa shape index (κ1) is 14.8. The zero-order chi connectivity index (χ0) is 15.6. The van der Waals surface area contributed by atoms with Gasteiger partial charge in [-0.3, -0.25) is 4.98 Å². The second-order valence-corrected chi connectivity index (χ2v) is 4.20. The largest absolute Gasteiger partial charge is 0.478 e. The molecule has 1 heterocycles. The highest BCUT2D eigenvalue weighted by atomic mass is 19.4. The standard InChI is InChI=1S/C14H10F3NO3/c1-8-11(3-2-6-18-8)21-12-5-4-9(13(19)20)7-10(12)14(15,16)17/h2-7H,1H3,(H,19,20). The number of carboxylic acids is 1. The Morgan fingerprint density at radius 3 is 2.52 bits per heavy atom. The lowest BCUT2D eigenvalue weighted by Crippen LogP contribution is -2.09. The number of carboxylic acid groups (broad SMARTS) is 1. The Morgan fingerprint density at radius 1 is 1.24 bits per heavy atom. The van der Waals surface area contributed by atoms with Crippen molar-refractivity contribution < 1.29 is 27.8 Å². The number of nitrogens with zero attached hydrogens (tertiary/aromatic N) is 1. The molecule has 0 saturated heterocycles. The number of aryl methyl sites for hydroxylation is 1. The van der Waals surface area contributed by atoms with Gasteiger partial charge in [-0.1, -0.05) is 0 Å². The summed E-state index contributed by atoms with van der Waals surface area (Å²) in [6.45, 7) is 1.59. The molecular weight excluding hydrogens is 287 g/mol. The zero-order valence-corrected chi connectivity index (χ0v) is 10.8. The summed E-state index contributed by atoms with van der Waals surface area (Å²) in [5.74, 6) is -1.74. The van der Waals surface area contributed by atoms with Crippen LogP contribution in [0.2, 0.25) is 0 Å². The number of hydrogen-bond acceptors (Lipinski definition) is 3. The minimum Gasteiger partial charge on any atom is -0.478 e. The van der Waals surface area contributed by atoms with Gasteiger partial charge in [0.25, 0.3) is 0 Å². The average Bonchev–Trinajstić information content (AvgIpc) is 2.40. The third-order valence-electron chi connectivity index (χ3n) is 2.71. The molecule has 0 radical (unpaired) electrons. The van der Waals surface area contributed by atoms with Gasteiger partial charge in [-0.05, 0) is 37.3 Å². The first-order chi connectivity index (χ1) is 9.79. The predicted molar refractivity (Wildman–Crippen MR) is 67.5 cm³/mol. The normalized spacial score (nSPS) is 11.2. The lowest BCUT2D eigenvalue weighted by atomic mass is 10.1. The van der Waals surface area contributed by atoms with Gasteiger partial charge in [-0.25, -0.2) is 4.79 Å². The number of benzene rings is 1. The van der Waals surface area contributed by atoms with Crippen LogP contribution in [0.4, 0.5) is 13.2 Å². The summed E-state index contributed by atoms with van der Waals surface area (Å²) in [6.07, 6.45) is -3.24. The number of alkyl halides is 3. The Bertz CT molecular complexity index is 683. The number of carbonyl (C=O) groups is 1. The van der Waals surface area contributed by atoms with Gasteiger partial charge < -0.3 is 9.84 Å². The molecule has 4 nitrogen and oxygen atoms in total. The lowest BCUT2D eigenvalue weighted by molar-refractivity contribution is -0.138. The number of hydrogen-bond donors (Lipinski definition) is 1. The molecule has 0 aliphatic carbocycles. The van der Waals surface area contributed by atoms with Crippen LogP contribution in [-0.2, 0) is 6.18 Å². The Balaban J connectivity index is 2.48. The number of pyridine rings is 1. The molecule has 0 saturated carbocycles. The summed E-state index contributed by atoms with van der Waals surface area (Å²) in [7, 11) is 0. The molecule has 1 aromatic heterocycles. The van der Waals surface area contributed by atoms with Crippen molar-refractivity contribution in [2.75, 3.05) is 0 Å². The molecule has 0 amide bonds. The van der Waals surface area contributed by atoms with E-state index in [0.29, 0.717) is 11.8 Å². The fraction of sp³-hybridized carbons (Fsp3) is 0.143. The van der Waals surface area contributed by atoms with E-state index < -0.39 is 29.0 Å². The first-order valence-electron chi connectivity index (χ1n) is 5.83. The minimum absolute atomic E-state index is 0.172. The fourth-order valence-electron chi connectivity index (χ4n) is 1.67. The summed E-state index contributed by atoms with van der Waals surface area (Å²) < 4.78 is 44.2. The molecule has 0 bridgehead atoms. The fourth-order valence-corrected chi connectivity index (χ4v) is 1.67. The van der Waals surface area contributed by atoms with Crippen molar-refractivity contribution >= 4 is 5.97 Å². The van der Waals surface area contributed by atoms with Gasteiger partial charge in [0.05, 0.1) is 16.8 Å². The number of halogens is 3. The van der Waals surface area contributed by atoms with E-state index in [9.17, 15) is 18.0 Å². The van der Waals surface area contributed by atoms with Gasteiger partial charge in [0.15, 0.2) is 0 Å². The molecule has 1 aromatic carbocycles. The molecule has 110 valence electrons. The number of aromatic carboxylic acids is 1. The minimum atomic E-state index is -4.73. The highest BCUT2D eigenvalue weighted by Crippen LogP contribution is 2.39. The maximum atomic E-state index is 13.0. The Kier molecular flexibility index (Phi) is 3.84. The molecule has 0 unspecified atom stereocenters. The maximum absolute atomic E-state index is 13.0. The van der Waals surface area contributed by atoms with Crippen LogP contribution in [0.5, 0.6) is 11.5 Å². The zero-order valence-electron chi connectivity index (χ0n) is 10.8. The summed E-state index contributed by atoms with van der Waals surface area (Å²) >= 11 is 0. The van der Waals surface area contributed by atoms with Gasteiger partial charge in [0, 0.05) is 6.20 Å². The highest BCUT2D eigenvalue weighted by Gasteiger charge is 2.35. The van der Waals surface area contributed by atoms with Gasteiger partial charge in [-0.15, -0.1) is 0 Å². The Morgan fingerprint density at radius 2 is 1.95 bits per heavy atom. The molecule has 0 atom stereocenters. The Labute approximate surface area is 117 Å².